The zero-order valence-corrected chi connectivity index (χ0v) is 11.3. The zero-order valence-electron chi connectivity index (χ0n) is 10.5. The Bertz CT molecular complexity index is 346. The quantitative estimate of drug-likeness (QED) is 0.842. The summed E-state index contributed by atoms with van der Waals surface area (Å²) in [5.74, 6) is 0. The van der Waals surface area contributed by atoms with Crippen LogP contribution in [0, 0.1) is 0 Å². The molecule has 96 valence electrons. The summed E-state index contributed by atoms with van der Waals surface area (Å²) in [5, 5.41) is 6.25. The van der Waals surface area contributed by atoms with Crippen LogP contribution < -0.4 is 10.2 Å². The van der Waals surface area contributed by atoms with Crippen molar-refractivity contribution in [1.29, 1.82) is 0 Å². The molecular formula is C11H19N3O2S. The van der Waals surface area contributed by atoms with Crippen LogP contribution in [-0.4, -0.2) is 51.5 Å². The van der Waals surface area contributed by atoms with Gasteiger partial charge in [-0.15, -0.1) is 11.3 Å². The molecule has 0 radical (unpaired) electrons. The summed E-state index contributed by atoms with van der Waals surface area (Å²) in [4.78, 5) is 6.82. The maximum Gasteiger partial charge on any atom is 0.185 e. The molecule has 1 aliphatic rings. The SMILES string of the molecule is CNCc1csc(N2CC(OC)C(OC)C2)n1. The second-order valence-electron chi connectivity index (χ2n) is 4.11. The summed E-state index contributed by atoms with van der Waals surface area (Å²) in [6.45, 7) is 2.51. The van der Waals surface area contributed by atoms with Gasteiger partial charge in [-0.05, 0) is 7.05 Å². The lowest BCUT2D eigenvalue weighted by atomic mass is 10.3. The molecule has 1 fully saturated rings. The average Bonchev–Trinajstić information content (AvgIpc) is 2.94. The molecule has 0 spiro atoms. The number of ether oxygens (including phenoxy) is 2. The molecule has 0 aliphatic carbocycles. The van der Waals surface area contributed by atoms with Crippen molar-refractivity contribution in [2.24, 2.45) is 0 Å². The Morgan fingerprint density at radius 1 is 1.41 bits per heavy atom. The van der Waals surface area contributed by atoms with Gasteiger partial charge in [0.05, 0.1) is 5.69 Å². The highest BCUT2D eigenvalue weighted by atomic mass is 32.1. The fraction of sp³-hybridized carbons (Fsp3) is 0.727. The third-order valence-electron chi connectivity index (χ3n) is 2.99. The summed E-state index contributed by atoms with van der Waals surface area (Å²) < 4.78 is 10.8. The minimum atomic E-state index is 0.136. The molecule has 5 nitrogen and oxygen atoms in total. The second-order valence-corrected chi connectivity index (χ2v) is 4.94. The fourth-order valence-corrected chi connectivity index (χ4v) is 2.90. The highest BCUT2D eigenvalue weighted by Gasteiger charge is 2.34. The predicted octanol–water partition coefficient (Wildman–Crippen LogP) is 0.712. The van der Waals surface area contributed by atoms with E-state index in [0.29, 0.717) is 0 Å². The molecule has 0 amide bonds. The normalized spacial score (nSPS) is 24.5. The maximum absolute atomic E-state index is 5.42. The van der Waals surface area contributed by atoms with E-state index in [1.165, 1.54) is 0 Å². The Balaban J connectivity index is 2.02. The van der Waals surface area contributed by atoms with Gasteiger partial charge < -0.3 is 19.7 Å². The van der Waals surface area contributed by atoms with E-state index in [-0.39, 0.29) is 12.2 Å². The van der Waals surface area contributed by atoms with E-state index in [2.05, 4.69) is 20.6 Å². The van der Waals surface area contributed by atoms with Crippen molar-refractivity contribution in [2.75, 3.05) is 39.3 Å². The molecule has 0 aromatic carbocycles. The van der Waals surface area contributed by atoms with Gasteiger partial charge in [0.25, 0.3) is 0 Å². The molecule has 2 unspecified atom stereocenters. The standard InChI is InChI=1S/C11H19N3O2S/c1-12-4-8-7-17-11(13-8)14-5-9(15-2)10(6-14)16-3/h7,9-10,12H,4-6H2,1-3H3. The van der Waals surface area contributed by atoms with E-state index < -0.39 is 0 Å². The van der Waals surface area contributed by atoms with Crippen molar-refractivity contribution >= 4 is 16.5 Å². The molecule has 2 rings (SSSR count). The lowest BCUT2D eigenvalue weighted by Crippen LogP contribution is -2.27. The summed E-state index contributed by atoms with van der Waals surface area (Å²) in [7, 11) is 5.39. The van der Waals surface area contributed by atoms with E-state index in [0.717, 1.165) is 30.5 Å². The van der Waals surface area contributed by atoms with Crippen LogP contribution in [0.4, 0.5) is 5.13 Å². The molecule has 1 aromatic heterocycles. The average molecular weight is 257 g/mol. The van der Waals surface area contributed by atoms with E-state index in [1.807, 2.05) is 7.05 Å². The number of hydrogen-bond donors (Lipinski definition) is 1. The van der Waals surface area contributed by atoms with Crippen LogP contribution in [0.25, 0.3) is 0 Å². The van der Waals surface area contributed by atoms with E-state index >= 15 is 0 Å². The molecule has 1 N–H and O–H groups in total. The van der Waals surface area contributed by atoms with Gasteiger partial charge in [-0.25, -0.2) is 4.98 Å². The first kappa shape index (κ1) is 12.8. The van der Waals surface area contributed by atoms with Crippen molar-refractivity contribution in [3.63, 3.8) is 0 Å². The number of nitrogens with zero attached hydrogens (tertiary/aromatic N) is 2. The molecule has 1 aliphatic heterocycles. The fourth-order valence-electron chi connectivity index (χ4n) is 2.06. The Hall–Kier alpha value is -0.690. The van der Waals surface area contributed by atoms with Gasteiger partial charge in [0, 0.05) is 39.2 Å². The summed E-state index contributed by atoms with van der Waals surface area (Å²) in [6.07, 6.45) is 0.272. The molecule has 1 saturated heterocycles. The van der Waals surface area contributed by atoms with Crippen LogP contribution in [0.5, 0.6) is 0 Å². The van der Waals surface area contributed by atoms with Crippen molar-refractivity contribution in [1.82, 2.24) is 10.3 Å². The second kappa shape index (κ2) is 5.77. The monoisotopic (exact) mass is 257 g/mol. The Kier molecular flexibility index (Phi) is 4.33. The summed E-state index contributed by atoms with van der Waals surface area (Å²) in [6, 6.07) is 0. The van der Waals surface area contributed by atoms with Crippen molar-refractivity contribution in [3.8, 4) is 0 Å². The van der Waals surface area contributed by atoms with Gasteiger partial charge >= 0.3 is 0 Å². The first-order valence-corrected chi connectivity index (χ1v) is 6.56. The summed E-state index contributed by atoms with van der Waals surface area (Å²) >= 11 is 1.68. The minimum Gasteiger partial charge on any atom is -0.377 e. The van der Waals surface area contributed by atoms with Crippen LogP contribution in [0.3, 0.4) is 0 Å². The topological polar surface area (TPSA) is 46.6 Å². The van der Waals surface area contributed by atoms with Crippen LogP contribution in [0.1, 0.15) is 5.69 Å². The summed E-state index contributed by atoms with van der Waals surface area (Å²) in [5.41, 5.74) is 1.09. The largest absolute Gasteiger partial charge is 0.377 e. The van der Waals surface area contributed by atoms with Crippen LogP contribution in [-0.2, 0) is 16.0 Å². The van der Waals surface area contributed by atoms with E-state index in [4.69, 9.17) is 9.47 Å². The number of methoxy groups -OCH3 is 2. The molecule has 17 heavy (non-hydrogen) atoms. The van der Waals surface area contributed by atoms with Gasteiger partial charge in [-0.1, -0.05) is 0 Å². The van der Waals surface area contributed by atoms with Crippen molar-refractivity contribution < 1.29 is 9.47 Å². The van der Waals surface area contributed by atoms with Crippen LogP contribution in [0.2, 0.25) is 0 Å². The lowest BCUT2D eigenvalue weighted by Gasteiger charge is -2.13. The van der Waals surface area contributed by atoms with Gasteiger partial charge in [0.15, 0.2) is 5.13 Å². The van der Waals surface area contributed by atoms with E-state index in [1.54, 1.807) is 25.6 Å². The molecule has 0 saturated carbocycles. The zero-order chi connectivity index (χ0) is 12.3. The minimum absolute atomic E-state index is 0.136. The van der Waals surface area contributed by atoms with Crippen LogP contribution in [0.15, 0.2) is 5.38 Å². The number of aromatic nitrogens is 1. The molecule has 2 heterocycles. The smallest absolute Gasteiger partial charge is 0.185 e. The molecule has 1 aromatic rings. The first-order valence-electron chi connectivity index (χ1n) is 5.68. The van der Waals surface area contributed by atoms with Gasteiger partial charge in [-0.2, -0.15) is 0 Å². The predicted molar refractivity (Wildman–Crippen MR) is 68.7 cm³/mol. The van der Waals surface area contributed by atoms with Crippen molar-refractivity contribution in [2.45, 2.75) is 18.8 Å². The molecule has 6 heteroatoms. The molecular weight excluding hydrogens is 238 g/mol. The molecule has 2 atom stereocenters. The van der Waals surface area contributed by atoms with Gasteiger partial charge in [0.1, 0.15) is 12.2 Å². The number of rotatable bonds is 5. The van der Waals surface area contributed by atoms with Gasteiger partial charge in [-0.3, -0.25) is 0 Å². The highest BCUT2D eigenvalue weighted by molar-refractivity contribution is 7.13. The van der Waals surface area contributed by atoms with Crippen LogP contribution >= 0.6 is 11.3 Å². The lowest BCUT2D eigenvalue weighted by molar-refractivity contribution is -0.00461. The number of thiazole rings is 1. The third kappa shape index (κ3) is 2.77. The Labute approximate surface area is 106 Å². The van der Waals surface area contributed by atoms with E-state index in [9.17, 15) is 0 Å². The van der Waals surface area contributed by atoms with Crippen molar-refractivity contribution in [3.05, 3.63) is 11.1 Å². The third-order valence-corrected chi connectivity index (χ3v) is 3.94. The maximum atomic E-state index is 5.42. The molecule has 0 bridgehead atoms. The number of anilines is 1. The highest BCUT2D eigenvalue weighted by Crippen LogP contribution is 2.26. The number of nitrogens with one attached hydrogen (secondary N) is 1. The number of hydrogen-bond acceptors (Lipinski definition) is 6. The Morgan fingerprint density at radius 3 is 2.59 bits per heavy atom. The Morgan fingerprint density at radius 2 is 2.06 bits per heavy atom. The van der Waals surface area contributed by atoms with Gasteiger partial charge in [0.2, 0.25) is 0 Å². The first-order chi connectivity index (χ1) is 8.28.